The van der Waals surface area contributed by atoms with Gasteiger partial charge in [-0.25, -0.2) is 0 Å². The molecule has 1 aromatic heterocycles. The molecule has 0 unspecified atom stereocenters. The molecule has 2 aromatic rings. The topological polar surface area (TPSA) is 29.1 Å². The highest BCUT2D eigenvalue weighted by atomic mass is 32.1. The maximum absolute atomic E-state index is 11.7. The van der Waals surface area contributed by atoms with Crippen LogP contribution in [0.3, 0.4) is 0 Å². The van der Waals surface area contributed by atoms with Crippen molar-refractivity contribution in [2.24, 2.45) is 0 Å². The lowest BCUT2D eigenvalue weighted by molar-refractivity contribution is -0.120. The highest BCUT2D eigenvalue weighted by molar-refractivity contribution is 7.09. The number of aryl methyl sites for hydroxylation is 1. The van der Waals surface area contributed by atoms with Crippen molar-refractivity contribution in [1.82, 2.24) is 5.32 Å². The molecule has 2 rings (SSSR count). The van der Waals surface area contributed by atoms with E-state index in [-0.39, 0.29) is 5.91 Å². The average Bonchev–Trinajstić information content (AvgIpc) is 2.82. The molecule has 0 radical (unpaired) electrons. The normalized spacial score (nSPS) is 10.3. The second kappa shape index (κ2) is 6.36. The number of benzene rings is 1. The van der Waals surface area contributed by atoms with Crippen molar-refractivity contribution in [3.63, 3.8) is 0 Å². The third-order valence-corrected chi connectivity index (χ3v) is 3.66. The second-order valence-corrected chi connectivity index (χ2v) is 5.38. The van der Waals surface area contributed by atoms with Crippen molar-refractivity contribution in [3.05, 3.63) is 57.8 Å². The van der Waals surface area contributed by atoms with E-state index < -0.39 is 0 Å². The minimum absolute atomic E-state index is 0.0946. The van der Waals surface area contributed by atoms with Crippen molar-refractivity contribution in [1.29, 1.82) is 0 Å². The molecule has 94 valence electrons. The zero-order valence-corrected chi connectivity index (χ0v) is 11.3. The molecule has 0 aliphatic carbocycles. The summed E-state index contributed by atoms with van der Waals surface area (Å²) in [6.45, 7) is 2.75. The maximum Gasteiger partial charge on any atom is 0.224 e. The number of rotatable bonds is 5. The van der Waals surface area contributed by atoms with E-state index in [0.717, 1.165) is 12.0 Å². The zero-order valence-electron chi connectivity index (χ0n) is 10.5. The fourth-order valence-corrected chi connectivity index (χ4v) is 2.56. The van der Waals surface area contributed by atoms with Crippen LogP contribution in [0.1, 0.15) is 16.0 Å². The lowest BCUT2D eigenvalue weighted by Gasteiger charge is -2.05. The van der Waals surface area contributed by atoms with Crippen LogP contribution in [0.2, 0.25) is 0 Å². The van der Waals surface area contributed by atoms with Crippen LogP contribution in [-0.2, 0) is 17.6 Å². The first kappa shape index (κ1) is 12.8. The number of carbonyl (C=O) groups excluding carboxylic acids is 1. The average molecular weight is 259 g/mol. The Labute approximate surface area is 112 Å². The van der Waals surface area contributed by atoms with Gasteiger partial charge in [0.15, 0.2) is 0 Å². The van der Waals surface area contributed by atoms with Crippen molar-refractivity contribution < 1.29 is 4.79 Å². The van der Waals surface area contributed by atoms with Crippen LogP contribution in [-0.4, -0.2) is 12.5 Å². The molecule has 0 fully saturated rings. The van der Waals surface area contributed by atoms with Gasteiger partial charge < -0.3 is 5.32 Å². The van der Waals surface area contributed by atoms with Gasteiger partial charge in [-0.2, -0.15) is 0 Å². The Morgan fingerprint density at radius 3 is 2.89 bits per heavy atom. The first-order valence-corrected chi connectivity index (χ1v) is 6.96. The molecule has 1 heterocycles. The van der Waals surface area contributed by atoms with Gasteiger partial charge in [-0.3, -0.25) is 4.79 Å². The van der Waals surface area contributed by atoms with Gasteiger partial charge in [-0.1, -0.05) is 35.9 Å². The Morgan fingerprint density at radius 2 is 2.17 bits per heavy atom. The van der Waals surface area contributed by atoms with Gasteiger partial charge in [0.25, 0.3) is 0 Å². The molecule has 0 spiro atoms. The number of carbonyl (C=O) groups is 1. The predicted molar refractivity (Wildman–Crippen MR) is 75.9 cm³/mol. The smallest absolute Gasteiger partial charge is 0.224 e. The summed E-state index contributed by atoms with van der Waals surface area (Å²) in [6, 6.07) is 12.2. The summed E-state index contributed by atoms with van der Waals surface area (Å²) >= 11 is 1.73. The van der Waals surface area contributed by atoms with E-state index in [4.69, 9.17) is 0 Å². The Hall–Kier alpha value is -1.61. The number of hydrogen-bond acceptors (Lipinski definition) is 2. The monoisotopic (exact) mass is 259 g/mol. The van der Waals surface area contributed by atoms with Gasteiger partial charge in [0.1, 0.15) is 0 Å². The summed E-state index contributed by atoms with van der Waals surface area (Å²) in [5.74, 6) is 0.0946. The van der Waals surface area contributed by atoms with E-state index in [1.54, 1.807) is 11.3 Å². The first-order chi connectivity index (χ1) is 8.74. The van der Waals surface area contributed by atoms with Crippen molar-refractivity contribution in [2.45, 2.75) is 19.8 Å². The predicted octanol–water partition coefficient (Wildman–Crippen LogP) is 2.96. The maximum atomic E-state index is 11.7. The fraction of sp³-hybridized carbons (Fsp3) is 0.267. The van der Waals surface area contributed by atoms with Crippen molar-refractivity contribution >= 4 is 17.2 Å². The van der Waals surface area contributed by atoms with Crippen LogP contribution in [0.5, 0.6) is 0 Å². The summed E-state index contributed by atoms with van der Waals surface area (Å²) < 4.78 is 0. The summed E-state index contributed by atoms with van der Waals surface area (Å²) in [5, 5.41) is 5.02. The minimum Gasteiger partial charge on any atom is -0.355 e. The highest BCUT2D eigenvalue weighted by Gasteiger charge is 2.03. The van der Waals surface area contributed by atoms with Crippen LogP contribution in [0.25, 0.3) is 0 Å². The van der Waals surface area contributed by atoms with Crippen molar-refractivity contribution in [3.8, 4) is 0 Å². The molecule has 18 heavy (non-hydrogen) atoms. The Morgan fingerprint density at radius 1 is 1.28 bits per heavy atom. The molecule has 0 atom stereocenters. The fourth-order valence-electron chi connectivity index (χ4n) is 1.85. The minimum atomic E-state index is 0.0946. The summed E-state index contributed by atoms with van der Waals surface area (Å²) in [5.41, 5.74) is 2.27. The van der Waals surface area contributed by atoms with Crippen LogP contribution < -0.4 is 5.32 Å². The molecule has 0 bridgehead atoms. The molecule has 0 saturated heterocycles. The largest absolute Gasteiger partial charge is 0.355 e. The van der Waals surface area contributed by atoms with Gasteiger partial charge >= 0.3 is 0 Å². The first-order valence-electron chi connectivity index (χ1n) is 6.08. The molecule has 0 saturated carbocycles. The van der Waals surface area contributed by atoms with Gasteiger partial charge in [0.05, 0.1) is 6.42 Å². The SMILES string of the molecule is Cc1cccc(CC(=O)NCCc2cccs2)c1. The molecule has 1 aromatic carbocycles. The summed E-state index contributed by atoms with van der Waals surface area (Å²) in [6.07, 6.45) is 1.38. The lowest BCUT2D eigenvalue weighted by Crippen LogP contribution is -2.27. The number of amides is 1. The van der Waals surface area contributed by atoms with E-state index in [1.165, 1.54) is 10.4 Å². The molecule has 2 nitrogen and oxygen atoms in total. The quantitative estimate of drug-likeness (QED) is 0.879. The van der Waals surface area contributed by atoms with Gasteiger partial charge in [0, 0.05) is 11.4 Å². The Kier molecular flexibility index (Phi) is 4.53. The Bertz CT molecular complexity index is 505. The van der Waals surface area contributed by atoms with Gasteiger partial charge in [-0.05, 0) is 30.4 Å². The van der Waals surface area contributed by atoms with E-state index in [2.05, 4.69) is 22.8 Å². The van der Waals surface area contributed by atoms with E-state index in [9.17, 15) is 4.79 Å². The third kappa shape index (κ3) is 4.00. The van der Waals surface area contributed by atoms with E-state index in [0.29, 0.717) is 13.0 Å². The van der Waals surface area contributed by atoms with Crippen LogP contribution >= 0.6 is 11.3 Å². The van der Waals surface area contributed by atoms with Gasteiger partial charge in [-0.15, -0.1) is 11.3 Å². The standard InChI is InChI=1S/C15H17NOS/c1-12-4-2-5-13(10-12)11-15(17)16-8-7-14-6-3-9-18-14/h2-6,9-10H,7-8,11H2,1H3,(H,16,17). The molecule has 3 heteroatoms. The van der Waals surface area contributed by atoms with Crippen LogP contribution in [0.4, 0.5) is 0 Å². The van der Waals surface area contributed by atoms with Crippen molar-refractivity contribution in [2.75, 3.05) is 6.54 Å². The van der Waals surface area contributed by atoms with Gasteiger partial charge in [0.2, 0.25) is 5.91 Å². The number of hydrogen-bond donors (Lipinski definition) is 1. The third-order valence-electron chi connectivity index (χ3n) is 2.72. The Balaban J connectivity index is 1.75. The molecule has 0 aliphatic heterocycles. The number of thiophene rings is 1. The lowest BCUT2D eigenvalue weighted by atomic mass is 10.1. The van der Waals surface area contributed by atoms with Crippen LogP contribution in [0.15, 0.2) is 41.8 Å². The summed E-state index contributed by atoms with van der Waals surface area (Å²) in [4.78, 5) is 13.1. The molecular weight excluding hydrogens is 242 g/mol. The molecule has 1 amide bonds. The second-order valence-electron chi connectivity index (χ2n) is 4.35. The van der Waals surface area contributed by atoms with Crippen LogP contribution in [0, 0.1) is 6.92 Å². The van der Waals surface area contributed by atoms with E-state index in [1.807, 2.05) is 31.2 Å². The van der Waals surface area contributed by atoms with E-state index >= 15 is 0 Å². The number of nitrogens with one attached hydrogen (secondary N) is 1. The molecular formula is C15H17NOS. The zero-order chi connectivity index (χ0) is 12.8. The summed E-state index contributed by atoms with van der Waals surface area (Å²) in [7, 11) is 0. The molecule has 0 aliphatic rings. The molecule has 1 N–H and O–H groups in total. The highest BCUT2D eigenvalue weighted by Crippen LogP contribution is 2.08.